The molecule has 1 amide bonds. The predicted molar refractivity (Wildman–Crippen MR) is 87.3 cm³/mol. The fourth-order valence-corrected chi connectivity index (χ4v) is 2.34. The predicted octanol–water partition coefficient (Wildman–Crippen LogP) is 2.31. The van der Waals surface area contributed by atoms with Crippen molar-refractivity contribution in [1.29, 1.82) is 0 Å². The van der Waals surface area contributed by atoms with Gasteiger partial charge in [-0.2, -0.15) is 0 Å². The summed E-state index contributed by atoms with van der Waals surface area (Å²) < 4.78 is 7.27. The molecule has 22 heavy (non-hydrogen) atoms. The van der Waals surface area contributed by atoms with Crippen molar-refractivity contribution < 1.29 is 9.53 Å². The number of amides is 1. The maximum Gasteiger partial charge on any atom is 0.258 e. The van der Waals surface area contributed by atoms with Crippen LogP contribution in [0.2, 0.25) is 0 Å². The van der Waals surface area contributed by atoms with E-state index in [0.717, 1.165) is 11.8 Å². The van der Waals surface area contributed by atoms with E-state index in [1.807, 2.05) is 26.8 Å². The molecule has 2 aromatic rings. The fraction of sp³-hybridized carbons (Fsp3) is 0.412. The van der Waals surface area contributed by atoms with Crippen molar-refractivity contribution in [1.82, 2.24) is 9.88 Å². The number of pyridine rings is 1. The molecule has 1 heterocycles. The minimum absolute atomic E-state index is 0.0311. The van der Waals surface area contributed by atoms with Crippen molar-refractivity contribution in [3.05, 3.63) is 40.8 Å². The molecule has 0 bridgehead atoms. The van der Waals surface area contributed by atoms with E-state index in [2.05, 4.69) is 5.32 Å². The first-order valence-corrected chi connectivity index (χ1v) is 7.57. The average molecular weight is 302 g/mol. The topological polar surface area (TPSA) is 60.3 Å². The van der Waals surface area contributed by atoms with E-state index in [1.54, 1.807) is 29.0 Å². The first-order chi connectivity index (χ1) is 10.5. The Kier molecular flexibility index (Phi) is 5.20. The average Bonchev–Trinajstić information content (AvgIpc) is 2.47. The molecule has 5 heteroatoms. The van der Waals surface area contributed by atoms with E-state index < -0.39 is 0 Å². The summed E-state index contributed by atoms with van der Waals surface area (Å²) in [5.41, 5.74) is -0.0311. The number of ether oxygens (including phenoxy) is 1. The normalized spacial score (nSPS) is 10.9. The summed E-state index contributed by atoms with van der Waals surface area (Å²) >= 11 is 0. The van der Waals surface area contributed by atoms with Crippen LogP contribution in [0.5, 0.6) is 5.75 Å². The van der Waals surface area contributed by atoms with Crippen LogP contribution in [0.4, 0.5) is 0 Å². The lowest BCUT2D eigenvalue weighted by molar-refractivity contribution is -0.123. The van der Waals surface area contributed by atoms with Crippen LogP contribution in [0.1, 0.15) is 27.2 Å². The minimum Gasteiger partial charge on any atom is -0.483 e. The van der Waals surface area contributed by atoms with Gasteiger partial charge in [-0.15, -0.1) is 0 Å². The van der Waals surface area contributed by atoms with Gasteiger partial charge in [-0.25, -0.2) is 0 Å². The van der Waals surface area contributed by atoms with Gasteiger partial charge in [0.15, 0.2) is 6.61 Å². The molecular formula is C17H22N2O3. The van der Waals surface area contributed by atoms with Gasteiger partial charge >= 0.3 is 0 Å². The number of rotatable bonds is 6. The van der Waals surface area contributed by atoms with Crippen LogP contribution in [-0.2, 0) is 11.3 Å². The quantitative estimate of drug-likeness (QED) is 0.891. The molecule has 0 spiro atoms. The molecule has 0 atom stereocenters. The van der Waals surface area contributed by atoms with E-state index in [0.29, 0.717) is 17.7 Å². The largest absolute Gasteiger partial charge is 0.483 e. The number of nitrogens with one attached hydrogen (secondary N) is 1. The van der Waals surface area contributed by atoms with Gasteiger partial charge in [0.2, 0.25) is 0 Å². The van der Waals surface area contributed by atoms with Gasteiger partial charge in [0.05, 0.1) is 5.39 Å². The Hall–Kier alpha value is -2.30. The molecule has 0 unspecified atom stereocenters. The van der Waals surface area contributed by atoms with Crippen molar-refractivity contribution in [3.63, 3.8) is 0 Å². The number of aromatic nitrogens is 1. The highest BCUT2D eigenvalue weighted by Crippen LogP contribution is 2.23. The van der Waals surface area contributed by atoms with Crippen LogP contribution < -0.4 is 15.6 Å². The third-order valence-electron chi connectivity index (χ3n) is 3.25. The summed E-state index contributed by atoms with van der Waals surface area (Å²) in [5.74, 6) is 0.378. The highest BCUT2D eigenvalue weighted by atomic mass is 16.5. The second kappa shape index (κ2) is 7.11. The van der Waals surface area contributed by atoms with Crippen molar-refractivity contribution in [2.45, 2.75) is 39.8 Å². The van der Waals surface area contributed by atoms with E-state index in [9.17, 15) is 9.59 Å². The van der Waals surface area contributed by atoms with E-state index in [-0.39, 0.29) is 24.1 Å². The molecule has 0 fully saturated rings. The van der Waals surface area contributed by atoms with Gasteiger partial charge in [0.1, 0.15) is 5.75 Å². The maximum atomic E-state index is 12.4. The van der Waals surface area contributed by atoms with Crippen molar-refractivity contribution in [2.24, 2.45) is 0 Å². The van der Waals surface area contributed by atoms with Crippen LogP contribution in [-0.4, -0.2) is 23.1 Å². The van der Waals surface area contributed by atoms with Crippen molar-refractivity contribution >= 4 is 16.7 Å². The Morgan fingerprint density at radius 1 is 1.27 bits per heavy atom. The first kappa shape index (κ1) is 16.1. The van der Waals surface area contributed by atoms with Gasteiger partial charge in [-0.05, 0) is 38.5 Å². The van der Waals surface area contributed by atoms with Crippen molar-refractivity contribution in [2.75, 3.05) is 6.61 Å². The summed E-state index contributed by atoms with van der Waals surface area (Å²) in [7, 11) is 0. The number of carbonyl (C=O) groups is 1. The summed E-state index contributed by atoms with van der Waals surface area (Å²) in [6.45, 7) is 6.45. The molecule has 1 aromatic carbocycles. The number of nitrogens with zero attached hydrogens (tertiary/aromatic N) is 1. The number of benzene rings is 1. The minimum atomic E-state index is -0.175. The van der Waals surface area contributed by atoms with E-state index in [4.69, 9.17) is 4.74 Å². The number of aryl methyl sites for hydroxylation is 1. The molecular weight excluding hydrogens is 280 g/mol. The molecule has 0 aliphatic carbocycles. The second-order valence-electron chi connectivity index (χ2n) is 5.54. The monoisotopic (exact) mass is 302 g/mol. The molecule has 0 saturated heterocycles. The van der Waals surface area contributed by atoms with Crippen LogP contribution >= 0.6 is 0 Å². The zero-order chi connectivity index (χ0) is 16.1. The highest BCUT2D eigenvalue weighted by molar-refractivity contribution is 5.88. The van der Waals surface area contributed by atoms with E-state index in [1.165, 1.54) is 0 Å². The Labute approximate surface area is 129 Å². The maximum absolute atomic E-state index is 12.4. The molecule has 1 N–H and O–H groups in total. The second-order valence-corrected chi connectivity index (χ2v) is 5.54. The summed E-state index contributed by atoms with van der Waals surface area (Å²) in [4.78, 5) is 24.0. The molecule has 0 aliphatic rings. The van der Waals surface area contributed by atoms with Gasteiger partial charge in [0, 0.05) is 24.2 Å². The summed E-state index contributed by atoms with van der Waals surface area (Å²) in [5, 5.41) is 4.11. The Morgan fingerprint density at radius 2 is 2.05 bits per heavy atom. The Balaban J connectivity index is 2.26. The lowest BCUT2D eigenvalue weighted by Crippen LogP contribution is -2.34. The van der Waals surface area contributed by atoms with Crippen LogP contribution in [0, 0.1) is 0 Å². The third kappa shape index (κ3) is 3.67. The Bertz CT molecular complexity index is 719. The number of hydrogen-bond donors (Lipinski definition) is 1. The van der Waals surface area contributed by atoms with E-state index >= 15 is 0 Å². The SMILES string of the molecule is CCCn1ccc2c(OCC(=O)NC(C)C)cccc2c1=O. The molecule has 2 rings (SSSR count). The smallest absolute Gasteiger partial charge is 0.258 e. The number of hydrogen-bond acceptors (Lipinski definition) is 3. The molecule has 5 nitrogen and oxygen atoms in total. The van der Waals surface area contributed by atoms with Crippen LogP contribution in [0.25, 0.3) is 10.8 Å². The van der Waals surface area contributed by atoms with Gasteiger partial charge in [-0.1, -0.05) is 13.0 Å². The standard InChI is InChI=1S/C17H22N2O3/c1-4-9-19-10-8-13-14(17(19)21)6-5-7-15(13)22-11-16(20)18-12(2)3/h5-8,10,12H,4,9,11H2,1-3H3,(H,18,20). The molecule has 0 radical (unpaired) electrons. The molecule has 1 aromatic heterocycles. The van der Waals surface area contributed by atoms with Gasteiger partial charge < -0.3 is 14.6 Å². The van der Waals surface area contributed by atoms with Gasteiger partial charge in [-0.3, -0.25) is 9.59 Å². The number of fused-ring (bicyclic) bond motifs is 1. The molecule has 0 saturated carbocycles. The first-order valence-electron chi connectivity index (χ1n) is 7.57. The molecule has 118 valence electrons. The Morgan fingerprint density at radius 3 is 2.73 bits per heavy atom. The third-order valence-corrected chi connectivity index (χ3v) is 3.25. The zero-order valence-electron chi connectivity index (χ0n) is 13.3. The lowest BCUT2D eigenvalue weighted by atomic mass is 10.1. The zero-order valence-corrected chi connectivity index (χ0v) is 13.3. The number of carbonyl (C=O) groups excluding carboxylic acids is 1. The van der Waals surface area contributed by atoms with Crippen LogP contribution in [0.3, 0.4) is 0 Å². The highest BCUT2D eigenvalue weighted by Gasteiger charge is 2.09. The summed E-state index contributed by atoms with van der Waals surface area (Å²) in [6.07, 6.45) is 2.67. The van der Waals surface area contributed by atoms with Crippen LogP contribution in [0.15, 0.2) is 35.3 Å². The van der Waals surface area contributed by atoms with Crippen molar-refractivity contribution in [3.8, 4) is 5.75 Å². The fourth-order valence-electron chi connectivity index (χ4n) is 2.34. The lowest BCUT2D eigenvalue weighted by Gasteiger charge is -2.12. The molecule has 0 aliphatic heterocycles. The summed E-state index contributed by atoms with van der Waals surface area (Å²) in [6, 6.07) is 7.27. The van der Waals surface area contributed by atoms with Gasteiger partial charge in [0.25, 0.3) is 11.5 Å².